The molecule has 2 aromatic rings. The van der Waals surface area contributed by atoms with Crippen LogP contribution in [-0.4, -0.2) is 58.0 Å². The van der Waals surface area contributed by atoms with E-state index in [2.05, 4.69) is 10.3 Å². The number of hydrogen-bond acceptors (Lipinski definition) is 6. The predicted molar refractivity (Wildman–Crippen MR) is 97.3 cm³/mol. The van der Waals surface area contributed by atoms with Crippen molar-refractivity contribution in [3.8, 4) is 0 Å². The molecule has 3 heterocycles. The highest BCUT2D eigenvalue weighted by Gasteiger charge is 2.33. The van der Waals surface area contributed by atoms with Crippen LogP contribution in [0.3, 0.4) is 0 Å². The average molecular weight is 375 g/mol. The minimum atomic E-state index is -1.10. The third-order valence-electron chi connectivity index (χ3n) is 5.35. The molecule has 1 amide bonds. The molecule has 1 aromatic heterocycles. The molecule has 0 saturated carbocycles. The first kappa shape index (κ1) is 17.5. The number of nitro benzene ring substituents is 1. The minimum Gasteiger partial charge on any atom is -0.465 e. The van der Waals surface area contributed by atoms with Crippen molar-refractivity contribution in [1.29, 1.82) is 0 Å². The minimum absolute atomic E-state index is 0.00218. The van der Waals surface area contributed by atoms with E-state index in [0.29, 0.717) is 31.0 Å². The number of rotatable bonds is 5. The number of fused-ring (bicyclic) bond motifs is 1. The molecule has 2 atom stereocenters. The van der Waals surface area contributed by atoms with Gasteiger partial charge in [0.1, 0.15) is 11.2 Å². The third-order valence-corrected chi connectivity index (χ3v) is 5.35. The SMILES string of the molecule is O=C(O)NC[C@@H]1CCCN1c1c([N+](=O)[O-])ccc2c1ncn2[C@@H]1CCOC1. The van der Waals surface area contributed by atoms with Crippen LogP contribution in [0, 0.1) is 10.1 Å². The Morgan fingerprint density at radius 3 is 3.00 bits per heavy atom. The highest BCUT2D eigenvalue weighted by Crippen LogP contribution is 2.40. The standard InChI is InChI=1S/C17H21N5O5/c23-17(24)18-8-11-2-1-6-20(11)16-14(22(25)26)4-3-13-15(16)19-10-21(13)12-5-7-27-9-12/h3-4,10-12,18H,1-2,5-9H2,(H,23,24)/t11-,12+/m0/s1. The zero-order valence-corrected chi connectivity index (χ0v) is 14.7. The zero-order chi connectivity index (χ0) is 19.0. The summed E-state index contributed by atoms with van der Waals surface area (Å²) >= 11 is 0. The molecule has 0 aliphatic carbocycles. The molecular weight excluding hydrogens is 354 g/mol. The molecule has 2 aliphatic heterocycles. The van der Waals surface area contributed by atoms with Crippen molar-refractivity contribution in [2.24, 2.45) is 0 Å². The summed E-state index contributed by atoms with van der Waals surface area (Å²) in [5, 5.41) is 23.0. The number of nitrogens with zero attached hydrogens (tertiary/aromatic N) is 4. The number of benzene rings is 1. The van der Waals surface area contributed by atoms with Crippen molar-refractivity contribution < 1.29 is 19.6 Å². The Hall–Kier alpha value is -2.88. The second-order valence-corrected chi connectivity index (χ2v) is 6.90. The lowest BCUT2D eigenvalue weighted by Gasteiger charge is -2.26. The van der Waals surface area contributed by atoms with Gasteiger partial charge in [-0.05, 0) is 25.3 Å². The van der Waals surface area contributed by atoms with E-state index in [0.717, 1.165) is 24.8 Å². The average Bonchev–Trinajstić information content (AvgIpc) is 3.37. The number of ether oxygens (including phenoxy) is 1. The maximum absolute atomic E-state index is 11.7. The summed E-state index contributed by atoms with van der Waals surface area (Å²) in [5.41, 5.74) is 1.89. The Morgan fingerprint density at radius 1 is 1.44 bits per heavy atom. The Labute approximate surface area is 154 Å². The van der Waals surface area contributed by atoms with E-state index in [1.54, 1.807) is 12.4 Å². The summed E-state index contributed by atoms with van der Waals surface area (Å²) in [7, 11) is 0. The molecule has 10 heteroatoms. The number of carbonyl (C=O) groups is 1. The van der Waals surface area contributed by atoms with Gasteiger partial charge in [0.05, 0.1) is 29.4 Å². The maximum atomic E-state index is 11.7. The van der Waals surface area contributed by atoms with E-state index in [-0.39, 0.29) is 24.3 Å². The van der Waals surface area contributed by atoms with Crippen molar-refractivity contribution in [2.75, 3.05) is 31.2 Å². The lowest BCUT2D eigenvalue weighted by molar-refractivity contribution is -0.384. The maximum Gasteiger partial charge on any atom is 0.404 e. The van der Waals surface area contributed by atoms with Crippen LogP contribution in [0.25, 0.3) is 11.0 Å². The molecular formula is C17H21N5O5. The summed E-state index contributed by atoms with van der Waals surface area (Å²) in [4.78, 5) is 28.6. The topological polar surface area (TPSA) is 123 Å². The fourth-order valence-corrected chi connectivity index (χ4v) is 4.09. The van der Waals surface area contributed by atoms with Crippen molar-refractivity contribution in [2.45, 2.75) is 31.3 Å². The van der Waals surface area contributed by atoms with Gasteiger partial charge >= 0.3 is 6.09 Å². The first-order chi connectivity index (χ1) is 13.1. The first-order valence-electron chi connectivity index (χ1n) is 9.01. The quantitative estimate of drug-likeness (QED) is 0.606. The van der Waals surface area contributed by atoms with Crippen LogP contribution < -0.4 is 10.2 Å². The number of aromatic nitrogens is 2. The predicted octanol–water partition coefficient (Wildman–Crippen LogP) is 2.14. The largest absolute Gasteiger partial charge is 0.465 e. The lowest BCUT2D eigenvalue weighted by Crippen LogP contribution is -2.40. The summed E-state index contributed by atoms with van der Waals surface area (Å²) in [5.74, 6) is 0. The summed E-state index contributed by atoms with van der Waals surface area (Å²) in [6, 6.07) is 3.30. The fourth-order valence-electron chi connectivity index (χ4n) is 4.09. The van der Waals surface area contributed by atoms with E-state index >= 15 is 0 Å². The van der Waals surface area contributed by atoms with Crippen molar-refractivity contribution in [3.05, 3.63) is 28.6 Å². The van der Waals surface area contributed by atoms with Gasteiger partial charge in [0.15, 0.2) is 0 Å². The van der Waals surface area contributed by atoms with Gasteiger partial charge in [-0.25, -0.2) is 9.78 Å². The van der Waals surface area contributed by atoms with Gasteiger partial charge in [0.25, 0.3) is 5.69 Å². The number of carboxylic acid groups (broad SMARTS) is 1. The van der Waals surface area contributed by atoms with Gasteiger partial charge in [-0.3, -0.25) is 10.1 Å². The summed E-state index contributed by atoms with van der Waals surface area (Å²) < 4.78 is 7.49. The van der Waals surface area contributed by atoms with Crippen LogP contribution in [0.15, 0.2) is 18.5 Å². The highest BCUT2D eigenvalue weighted by atomic mass is 16.6. The van der Waals surface area contributed by atoms with E-state index in [4.69, 9.17) is 9.84 Å². The van der Waals surface area contributed by atoms with E-state index in [1.807, 2.05) is 9.47 Å². The van der Waals surface area contributed by atoms with Crippen LogP contribution in [0.1, 0.15) is 25.3 Å². The van der Waals surface area contributed by atoms with Gasteiger partial charge in [-0.15, -0.1) is 0 Å². The third kappa shape index (κ3) is 3.16. The zero-order valence-electron chi connectivity index (χ0n) is 14.7. The van der Waals surface area contributed by atoms with Gasteiger partial charge in [0, 0.05) is 31.8 Å². The van der Waals surface area contributed by atoms with Crippen LogP contribution in [0.2, 0.25) is 0 Å². The Kier molecular flexibility index (Phi) is 4.56. The molecule has 2 aliphatic rings. The molecule has 1 aromatic carbocycles. The Balaban J connectivity index is 1.78. The van der Waals surface area contributed by atoms with Gasteiger partial charge in [-0.1, -0.05) is 0 Å². The van der Waals surface area contributed by atoms with Gasteiger partial charge < -0.3 is 24.6 Å². The Bertz CT molecular complexity index is 876. The molecule has 4 rings (SSSR count). The molecule has 0 radical (unpaired) electrons. The monoisotopic (exact) mass is 375 g/mol. The molecule has 2 N–H and O–H groups in total. The van der Waals surface area contributed by atoms with Crippen LogP contribution >= 0.6 is 0 Å². The molecule has 0 unspecified atom stereocenters. The molecule has 27 heavy (non-hydrogen) atoms. The second-order valence-electron chi connectivity index (χ2n) is 6.90. The fraction of sp³-hybridized carbons (Fsp3) is 0.529. The molecule has 2 saturated heterocycles. The smallest absolute Gasteiger partial charge is 0.404 e. The number of amides is 1. The van der Waals surface area contributed by atoms with Crippen molar-refractivity contribution in [1.82, 2.24) is 14.9 Å². The van der Waals surface area contributed by atoms with Gasteiger partial charge in [0.2, 0.25) is 0 Å². The Morgan fingerprint density at radius 2 is 2.30 bits per heavy atom. The molecule has 10 nitrogen and oxygen atoms in total. The van der Waals surface area contributed by atoms with E-state index in [9.17, 15) is 14.9 Å². The van der Waals surface area contributed by atoms with Crippen LogP contribution in [0.5, 0.6) is 0 Å². The summed E-state index contributed by atoms with van der Waals surface area (Å²) in [6.07, 6.45) is 3.12. The number of imidazole rings is 1. The summed E-state index contributed by atoms with van der Waals surface area (Å²) in [6.45, 7) is 2.15. The number of nitro groups is 1. The molecule has 2 fully saturated rings. The van der Waals surface area contributed by atoms with E-state index in [1.165, 1.54) is 6.07 Å². The number of nitrogens with one attached hydrogen (secondary N) is 1. The molecule has 0 spiro atoms. The van der Waals surface area contributed by atoms with Crippen LogP contribution in [-0.2, 0) is 4.74 Å². The molecule has 0 bridgehead atoms. The number of anilines is 1. The van der Waals surface area contributed by atoms with Crippen molar-refractivity contribution >= 4 is 28.5 Å². The van der Waals surface area contributed by atoms with Gasteiger partial charge in [-0.2, -0.15) is 0 Å². The van der Waals surface area contributed by atoms with E-state index < -0.39 is 11.0 Å². The second kappa shape index (κ2) is 7.03. The lowest BCUT2D eigenvalue weighted by atomic mass is 10.1. The van der Waals surface area contributed by atoms with Crippen molar-refractivity contribution in [3.63, 3.8) is 0 Å². The highest BCUT2D eigenvalue weighted by molar-refractivity contribution is 5.95. The normalized spacial score (nSPS) is 22.4. The first-order valence-corrected chi connectivity index (χ1v) is 9.01. The number of hydrogen-bond donors (Lipinski definition) is 2. The molecule has 144 valence electrons. The van der Waals surface area contributed by atoms with Crippen LogP contribution in [0.4, 0.5) is 16.2 Å².